The molecule has 254 valence electrons. The molecule has 3 heterocycles. The number of benzene rings is 9. The number of hydrogen-bond acceptors (Lipinski definition) is 1. The number of furan rings is 1. The van der Waals surface area contributed by atoms with Crippen LogP contribution in [0.3, 0.4) is 0 Å². The zero-order valence-electron chi connectivity index (χ0n) is 29.6. The van der Waals surface area contributed by atoms with Crippen LogP contribution in [0, 0.1) is 0 Å². The number of hydrogen-bond donors (Lipinski definition) is 0. The van der Waals surface area contributed by atoms with Gasteiger partial charge in [-0.1, -0.05) is 127 Å². The first-order valence-electron chi connectivity index (χ1n) is 18.9. The third-order valence-corrected chi connectivity index (χ3v) is 12.0. The van der Waals surface area contributed by atoms with Crippen molar-refractivity contribution in [3.63, 3.8) is 0 Å². The van der Waals surface area contributed by atoms with E-state index in [0.29, 0.717) is 0 Å². The Kier molecular flexibility index (Phi) is 5.63. The van der Waals surface area contributed by atoms with Gasteiger partial charge in [-0.05, 0) is 98.8 Å². The molecule has 0 amide bonds. The molecule has 0 spiro atoms. The Labute approximate surface area is 315 Å². The highest BCUT2D eigenvalue weighted by Crippen LogP contribution is 2.50. The summed E-state index contributed by atoms with van der Waals surface area (Å²) in [5.74, 6) is 0. The van der Waals surface area contributed by atoms with Gasteiger partial charge in [0.2, 0.25) is 0 Å². The summed E-state index contributed by atoms with van der Waals surface area (Å²) in [6.07, 6.45) is 0. The summed E-state index contributed by atoms with van der Waals surface area (Å²) in [6, 6.07) is 66.5. The van der Waals surface area contributed by atoms with Crippen LogP contribution in [0.5, 0.6) is 0 Å². The third-order valence-electron chi connectivity index (χ3n) is 12.0. The molecular weight excluding hydrogens is 669 g/mol. The van der Waals surface area contributed by atoms with E-state index in [-0.39, 0.29) is 0 Å². The van der Waals surface area contributed by atoms with Crippen LogP contribution < -0.4 is 0 Å². The Bertz CT molecular complexity index is 3600. The van der Waals surface area contributed by atoms with Gasteiger partial charge in [0.25, 0.3) is 0 Å². The molecule has 0 saturated heterocycles. The first-order chi connectivity index (χ1) is 27.3. The number of fused-ring (bicyclic) bond motifs is 14. The number of rotatable bonds is 3. The van der Waals surface area contributed by atoms with Gasteiger partial charge in [-0.25, -0.2) is 0 Å². The van der Waals surface area contributed by atoms with Gasteiger partial charge in [-0.15, -0.1) is 0 Å². The fourth-order valence-corrected chi connectivity index (χ4v) is 9.77. The van der Waals surface area contributed by atoms with Crippen LogP contribution in [0.4, 0.5) is 0 Å². The van der Waals surface area contributed by atoms with Crippen LogP contribution in [-0.2, 0) is 0 Å². The maximum atomic E-state index is 6.53. The van der Waals surface area contributed by atoms with Gasteiger partial charge >= 0.3 is 0 Å². The second kappa shape index (κ2) is 10.6. The molecule has 9 aromatic carbocycles. The summed E-state index contributed by atoms with van der Waals surface area (Å²) in [6.45, 7) is 0. The zero-order valence-corrected chi connectivity index (χ0v) is 29.6. The van der Waals surface area contributed by atoms with Gasteiger partial charge in [0.15, 0.2) is 0 Å². The lowest BCUT2D eigenvalue weighted by atomic mass is 10.0. The van der Waals surface area contributed by atoms with Crippen LogP contribution in [0.1, 0.15) is 0 Å². The smallest absolute Gasteiger partial charge is 0.137 e. The van der Waals surface area contributed by atoms with Gasteiger partial charge < -0.3 is 13.6 Å². The van der Waals surface area contributed by atoms with E-state index in [2.05, 4.69) is 191 Å². The largest absolute Gasteiger partial charge is 0.456 e. The zero-order chi connectivity index (χ0) is 35.8. The number of aromatic nitrogens is 2. The van der Waals surface area contributed by atoms with Gasteiger partial charge in [-0.2, -0.15) is 0 Å². The van der Waals surface area contributed by atoms with Crippen LogP contribution in [0.2, 0.25) is 0 Å². The van der Waals surface area contributed by atoms with Crippen molar-refractivity contribution in [2.45, 2.75) is 0 Å². The predicted octanol–water partition coefficient (Wildman–Crippen LogP) is 14.2. The van der Waals surface area contributed by atoms with Crippen molar-refractivity contribution >= 4 is 76.3 Å². The molecule has 0 aliphatic heterocycles. The van der Waals surface area contributed by atoms with E-state index in [4.69, 9.17) is 4.42 Å². The highest BCUT2D eigenvalue weighted by Gasteiger charge is 2.26. The average molecular weight is 699 g/mol. The third kappa shape index (κ3) is 3.84. The summed E-state index contributed by atoms with van der Waals surface area (Å²) in [5, 5.41) is 9.75. The van der Waals surface area contributed by atoms with Crippen LogP contribution >= 0.6 is 0 Å². The first kappa shape index (κ1) is 29.1. The van der Waals surface area contributed by atoms with E-state index in [1.165, 1.54) is 87.9 Å². The maximum Gasteiger partial charge on any atom is 0.137 e. The Morgan fingerprint density at radius 3 is 1.91 bits per heavy atom. The lowest BCUT2D eigenvalue weighted by Gasteiger charge is -2.13. The molecule has 0 atom stereocenters. The topological polar surface area (TPSA) is 23.0 Å². The summed E-state index contributed by atoms with van der Waals surface area (Å²) >= 11 is 0. The Morgan fingerprint density at radius 1 is 0.327 bits per heavy atom. The van der Waals surface area contributed by atoms with Crippen molar-refractivity contribution in [2.75, 3.05) is 0 Å². The fourth-order valence-electron chi connectivity index (χ4n) is 9.77. The van der Waals surface area contributed by atoms with Crippen LogP contribution in [0.15, 0.2) is 186 Å². The molecule has 1 aliphatic rings. The molecule has 13 rings (SSSR count). The van der Waals surface area contributed by atoms with Crippen molar-refractivity contribution in [3.05, 3.63) is 182 Å². The summed E-state index contributed by atoms with van der Waals surface area (Å²) in [5.41, 5.74) is 16.4. The minimum atomic E-state index is 0.893. The standard InChI is InChI=1S/C52H30N2O/c1-2-12-31(13-3-1)32-14-10-16-34(28-32)54-51-39(40-25-27-47-50(52(40)54)42-20-7-9-23-46(42)55-47)24-26-45-49(51)41-19-6-8-22-44(41)53(45)35-29-33-15-11-21-38-36-17-4-5-18-37(36)43(30-35)48(33)38/h1-30H. The highest BCUT2D eigenvalue weighted by molar-refractivity contribution is 6.31. The SMILES string of the molecule is c1ccc(-c2cccc(-n3c4c(ccc5oc6ccccc6c54)c4ccc5c(c6ccccc6n5-c5cc6c7c(cccc7c5)-c5ccccc5-6)c43)c2)cc1. The van der Waals surface area contributed by atoms with Gasteiger partial charge in [0.05, 0.1) is 27.5 Å². The first-order valence-corrected chi connectivity index (χ1v) is 18.9. The summed E-state index contributed by atoms with van der Waals surface area (Å²) in [4.78, 5) is 0. The normalized spacial score (nSPS) is 12.4. The second-order valence-electron chi connectivity index (χ2n) is 14.8. The Hall–Kier alpha value is -7.36. The van der Waals surface area contributed by atoms with E-state index < -0.39 is 0 Å². The minimum Gasteiger partial charge on any atom is -0.456 e. The average Bonchev–Trinajstić information content (AvgIpc) is 3.98. The van der Waals surface area contributed by atoms with E-state index in [1.54, 1.807) is 0 Å². The maximum absolute atomic E-state index is 6.53. The molecule has 0 unspecified atom stereocenters. The molecule has 0 bridgehead atoms. The molecule has 12 aromatic rings. The molecule has 0 saturated carbocycles. The number of para-hydroxylation sites is 2. The fraction of sp³-hybridized carbons (Fsp3) is 0. The van der Waals surface area contributed by atoms with Crippen LogP contribution in [0.25, 0.3) is 121 Å². The molecule has 3 aromatic heterocycles. The van der Waals surface area contributed by atoms with E-state index in [9.17, 15) is 0 Å². The van der Waals surface area contributed by atoms with Crippen molar-refractivity contribution in [1.82, 2.24) is 9.13 Å². The molecular formula is C52H30N2O. The predicted molar refractivity (Wildman–Crippen MR) is 230 cm³/mol. The molecule has 3 nitrogen and oxygen atoms in total. The highest BCUT2D eigenvalue weighted by atomic mass is 16.3. The Balaban J connectivity index is 1.20. The van der Waals surface area contributed by atoms with Gasteiger partial charge in [0.1, 0.15) is 11.2 Å². The van der Waals surface area contributed by atoms with Crippen molar-refractivity contribution in [3.8, 4) is 44.8 Å². The lowest BCUT2D eigenvalue weighted by Crippen LogP contribution is -1.96. The van der Waals surface area contributed by atoms with E-state index >= 15 is 0 Å². The molecule has 0 N–H and O–H groups in total. The molecule has 0 fully saturated rings. The molecule has 3 heteroatoms. The van der Waals surface area contributed by atoms with Gasteiger partial charge in [-0.3, -0.25) is 0 Å². The summed E-state index contributed by atoms with van der Waals surface area (Å²) in [7, 11) is 0. The second-order valence-corrected chi connectivity index (χ2v) is 14.8. The Morgan fingerprint density at radius 2 is 1.02 bits per heavy atom. The van der Waals surface area contributed by atoms with Crippen molar-refractivity contribution < 1.29 is 4.42 Å². The molecule has 1 aliphatic carbocycles. The van der Waals surface area contributed by atoms with Crippen LogP contribution in [-0.4, -0.2) is 9.13 Å². The quantitative estimate of drug-likeness (QED) is 0.180. The minimum absolute atomic E-state index is 0.893. The van der Waals surface area contributed by atoms with Gasteiger partial charge in [0, 0.05) is 38.3 Å². The van der Waals surface area contributed by atoms with Crippen molar-refractivity contribution in [1.29, 1.82) is 0 Å². The molecule has 0 radical (unpaired) electrons. The van der Waals surface area contributed by atoms with Crippen molar-refractivity contribution in [2.24, 2.45) is 0 Å². The van der Waals surface area contributed by atoms with E-state index in [0.717, 1.165) is 33.1 Å². The number of nitrogens with zero attached hydrogens (tertiary/aromatic N) is 2. The lowest BCUT2D eigenvalue weighted by molar-refractivity contribution is 0.669. The van der Waals surface area contributed by atoms with E-state index in [1.807, 2.05) is 0 Å². The summed E-state index contributed by atoms with van der Waals surface area (Å²) < 4.78 is 11.5. The monoisotopic (exact) mass is 698 g/mol. The molecule has 55 heavy (non-hydrogen) atoms.